The number of imide groups is 1. The minimum absolute atomic E-state index is 0.0308. The molecule has 1 atom stereocenters. The average Bonchev–Trinajstić information content (AvgIpc) is 3.48. The van der Waals surface area contributed by atoms with E-state index in [1.54, 1.807) is 35.6 Å². The molecule has 3 aromatic rings. The molecule has 0 spiro atoms. The number of hydrogen-bond donors (Lipinski definition) is 2. The van der Waals surface area contributed by atoms with Gasteiger partial charge in [0.05, 0.1) is 19.1 Å². The molecule has 0 aliphatic carbocycles. The van der Waals surface area contributed by atoms with Crippen LogP contribution in [-0.4, -0.2) is 29.3 Å². The minimum atomic E-state index is -0.388. The van der Waals surface area contributed by atoms with Crippen molar-refractivity contribution in [1.29, 1.82) is 0 Å². The monoisotopic (exact) mass is 461 g/mol. The Morgan fingerprint density at radius 2 is 1.79 bits per heavy atom. The Labute approximate surface area is 197 Å². The molecule has 6 nitrogen and oxygen atoms in total. The van der Waals surface area contributed by atoms with Crippen LogP contribution in [0, 0.1) is 0 Å². The molecule has 1 unspecified atom stereocenters. The van der Waals surface area contributed by atoms with Crippen molar-refractivity contribution in [2.45, 2.75) is 38.8 Å². The quantitative estimate of drug-likeness (QED) is 0.455. The first kappa shape index (κ1) is 22.7. The van der Waals surface area contributed by atoms with Crippen LogP contribution in [-0.2, 0) is 17.8 Å². The molecule has 0 bridgehead atoms. The van der Waals surface area contributed by atoms with Crippen LogP contribution in [0.25, 0.3) is 0 Å². The molecule has 4 rings (SSSR count). The fraction of sp³-hybridized carbons (Fsp3) is 0.269. The van der Waals surface area contributed by atoms with Gasteiger partial charge in [-0.3, -0.25) is 14.5 Å². The van der Waals surface area contributed by atoms with Crippen molar-refractivity contribution in [2.75, 3.05) is 6.54 Å². The van der Waals surface area contributed by atoms with E-state index < -0.39 is 0 Å². The first-order valence-electron chi connectivity index (χ1n) is 11.2. The second-order valence-electron chi connectivity index (χ2n) is 8.10. The Balaban J connectivity index is 1.47. The Hall–Kier alpha value is -3.45. The molecule has 1 saturated heterocycles. The number of aryl methyl sites for hydroxylation is 1. The van der Waals surface area contributed by atoms with Crippen molar-refractivity contribution in [1.82, 2.24) is 15.5 Å². The van der Waals surface area contributed by atoms with Crippen molar-refractivity contribution in [3.05, 3.63) is 93.2 Å². The van der Waals surface area contributed by atoms with Gasteiger partial charge in [-0.2, -0.15) is 0 Å². The zero-order valence-electron chi connectivity index (χ0n) is 18.5. The SMILES string of the molecule is CCCCc1ccc(C(NC(=O)c2ccc(CN3C(=O)CNC3=O)cc2)c2cccs2)cc1. The van der Waals surface area contributed by atoms with Gasteiger partial charge in [-0.15, -0.1) is 11.3 Å². The lowest BCUT2D eigenvalue weighted by molar-refractivity contribution is -0.125. The van der Waals surface area contributed by atoms with E-state index in [1.807, 2.05) is 17.5 Å². The molecule has 0 saturated carbocycles. The standard InChI is InChI=1S/C26H27N3O3S/c1-2-3-5-18-7-11-20(12-8-18)24(22-6-4-15-33-22)28-25(31)21-13-9-19(10-14-21)17-29-23(30)16-27-26(29)32/h4,6-15,24H,2-3,5,16-17H2,1H3,(H,27,32)(H,28,31). The highest BCUT2D eigenvalue weighted by Crippen LogP contribution is 2.27. The second kappa shape index (κ2) is 10.4. The van der Waals surface area contributed by atoms with Gasteiger partial charge in [0, 0.05) is 10.4 Å². The van der Waals surface area contributed by atoms with Gasteiger partial charge in [-0.1, -0.05) is 55.8 Å². The van der Waals surface area contributed by atoms with Crippen LogP contribution in [0.1, 0.15) is 57.7 Å². The molecule has 0 radical (unpaired) electrons. The molecular weight excluding hydrogens is 434 g/mol. The molecular formula is C26H27N3O3S. The summed E-state index contributed by atoms with van der Waals surface area (Å²) in [7, 11) is 0. The van der Waals surface area contributed by atoms with Crippen LogP contribution in [0.4, 0.5) is 4.79 Å². The van der Waals surface area contributed by atoms with E-state index in [0.717, 1.165) is 35.3 Å². The van der Waals surface area contributed by atoms with Crippen molar-refractivity contribution < 1.29 is 14.4 Å². The first-order valence-corrected chi connectivity index (χ1v) is 12.0. The van der Waals surface area contributed by atoms with Gasteiger partial charge < -0.3 is 10.6 Å². The Morgan fingerprint density at radius 3 is 2.39 bits per heavy atom. The maximum Gasteiger partial charge on any atom is 0.324 e. The van der Waals surface area contributed by atoms with E-state index in [2.05, 4.69) is 41.8 Å². The summed E-state index contributed by atoms with van der Waals surface area (Å²) in [5.41, 5.74) is 3.66. The lowest BCUT2D eigenvalue weighted by Crippen LogP contribution is -2.30. The van der Waals surface area contributed by atoms with Crippen molar-refractivity contribution >= 4 is 29.2 Å². The topological polar surface area (TPSA) is 78.5 Å². The highest BCUT2D eigenvalue weighted by molar-refractivity contribution is 7.10. The molecule has 2 aromatic carbocycles. The molecule has 2 heterocycles. The van der Waals surface area contributed by atoms with Crippen LogP contribution in [0.2, 0.25) is 0 Å². The molecule has 4 amide bonds. The molecule has 1 aromatic heterocycles. The third kappa shape index (κ3) is 5.49. The van der Waals surface area contributed by atoms with E-state index in [4.69, 9.17) is 0 Å². The summed E-state index contributed by atoms with van der Waals surface area (Å²) >= 11 is 1.61. The predicted molar refractivity (Wildman–Crippen MR) is 129 cm³/mol. The highest BCUT2D eigenvalue weighted by atomic mass is 32.1. The Kier molecular flexibility index (Phi) is 7.19. The normalized spacial score (nSPS) is 14.3. The minimum Gasteiger partial charge on any atom is -0.340 e. The van der Waals surface area contributed by atoms with Gasteiger partial charge in [0.25, 0.3) is 5.91 Å². The summed E-state index contributed by atoms with van der Waals surface area (Å²) < 4.78 is 0. The number of carbonyl (C=O) groups is 3. The number of nitrogens with one attached hydrogen (secondary N) is 2. The molecule has 1 aliphatic heterocycles. The summed E-state index contributed by atoms with van der Waals surface area (Å²) in [6, 6.07) is 18.9. The summed E-state index contributed by atoms with van der Waals surface area (Å²) in [5.74, 6) is -0.425. The molecule has 170 valence electrons. The number of nitrogens with zero attached hydrogens (tertiary/aromatic N) is 1. The molecule has 1 aliphatic rings. The van der Waals surface area contributed by atoms with E-state index in [9.17, 15) is 14.4 Å². The lowest BCUT2D eigenvalue weighted by atomic mass is 10.0. The Morgan fingerprint density at radius 1 is 1.06 bits per heavy atom. The van der Waals surface area contributed by atoms with Gasteiger partial charge in [-0.05, 0) is 53.1 Å². The predicted octanol–water partition coefficient (Wildman–Crippen LogP) is 4.66. The average molecular weight is 462 g/mol. The molecule has 1 fully saturated rings. The zero-order valence-corrected chi connectivity index (χ0v) is 19.4. The van der Waals surface area contributed by atoms with Crippen LogP contribution >= 0.6 is 11.3 Å². The maximum absolute atomic E-state index is 13.1. The number of amides is 4. The van der Waals surface area contributed by atoms with E-state index in [1.165, 1.54) is 10.5 Å². The molecule has 33 heavy (non-hydrogen) atoms. The summed E-state index contributed by atoms with van der Waals surface area (Å²) in [6.45, 7) is 2.41. The van der Waals surface area contributed by atoms with Gasteiger partial charge in [0.1, 0.15) is 0 Å². The van der Waals surface area contributed by atoms with Gasteiger partial charge >= 0.3 is 6.03 Å². The van der Waals surface area contributed by atoms with Crippen LogP contribution < -0.4 is 10.6 Å². The number of benzene rings is 2. The molecule has 2 N–H and O–H groups in total. The van der Waals surface area contributed by atoms with E-state index >= 15 is 0 Å². The fourth-order valence-electron chi connectivity index (χ4n) is 3.81. The van der Waals surface area contributed by atoms with Gasteiger partial charge in [0.15, 0.2) is 0 Å². The first-order chi connectivity index (χ1) is 16.0. The summed E-state index contributed by atoms with van der Waals surface area (Å²) in [6.07, 6.45) is 3.39. The maximum atomic E-state index is 13.1. The smallest absolute Gasteiger partial charge is 0.324 e. The van der Waals surface area contributed by atoms with Crippen molar-refractivity contribution in [2.24, 2.45) is 0 Å². The number of thiophene rings is 1. The number of hydrogen-bond acceptors (Lipinski definition) is 4. The summed E-state index contributed by atoms with van der Waals surface area (Å²) in [5, 5.41) is 7.68. The van der Waals surface area contributed by atoms with Crippen LogP contribution in [0.3, 0.4) is 0 Å². The van der Waals surface area contributed by atoms with Crippen molar-refractivity contribution in [3.8, 4) is 0 Å². The van der Waals surface area contributed by atoms with Crippen molar-refractivity contribution in [3.63, 3.8) is 0 Å². The third-order valence-corrected chi connectivity index (χ3v) is 6.67. The number of carbonyl (C=O) groups excluding carboxylic acids is 3. The second-order valence-corrected chi connectivity index (χ2v) is 9.08. The number of urea groups is 1. The summed E-state index contributed by atoms with van der Waals surface area (Å²) in [4.78, 5) is 38.8. The van der Waals surface area contributed by atoms with Crippen LogP contribution in [0.5, 0.6) is 0 Å². The number of unbranched alkanes of at least 4 members (excludes halogenated alkanes) is 1. The fourth-order valence-corrected chi connectivity index (χ4v) is 4.61. The third-order valence-electron chi connectivity index (χ3n) is 5.73. The zero-order chi connectivity index (χ0) is 23.2. The van der Waals surface area contributed by atoms with Gasteiger partial charge in [0.2, 0.25) is 5.91 Å². The molecule has 7 heteroatoms. The largest absolute Gasteiger partial charge is 0.340 e. The van der Waals surface area contributed by atoms with E-state index in [-0.39, 0.29) is 37.0 Å². The Bertz CT molecular complexity index is 1090. The highest BCUT2D eigenvalue weighted by Gasteiger charge is 2.28. The number of rotatable bonds is 9. The lowest BCUT2D eigenvalue weighted by Gasteiger charge is -2.19. The van der Waals surface area contributed by atoms with Gasteiger partial charge in [-0.25, -0.2) is 4.79 Å². The van der Waals surface area contributed by atoms with Crippen LogP contribution in [0.15, 0.2) is 66.0 Å². The van der Waals surface area contributed by atoms with E-state index in [0.29, 0.717) is 5.56 Å².